The molecule has 4 nitrogen and oxygen atoms in total. The number of amides is 1. The minimum atomic E-state index is -0.0779. The van der Waals surface area contributed by atoms with E-state index >= 15 is 0 Å². The number of carbonyl (C=O) groups excluding carboxylic acids is 1. The van der Waals surface area contributed by atoms with E-state index < -0.39 is 0 Å². The third kappa shape index (κ3) is 2.16. The summed E-state index contributed by atoms with van der Waals surface area (Å²) in [6.07, 6.45) is 1.83. The standard InChI is InChI=1S/C13H16N2O2/c1-9-12(8-14-15(2)13(9)16)10-4-6-11(17-3)7-5-10/h4-9,12H,1-3H3. The molecular weight excluding hydrogens is 216 g/mol. The highest BCUT2D eigenvalue weighted by Gasteiger charge is 2.30. The molecule has 0 bridgehead atoms. The van der Waals surface area contributed by atoms with Gasteiger partial charge in [-0.1, -0.05) is 19.1 Å². The van der Waals surface area contributed by atoms with Crippen LogP contribution in [0.2, 0.25) is 0 Å². The first-order valence-electron chi connectivity index (χ1n) is 5.59. The summed E-state index contributed by atoms with van der Waals surface area (Å²) in [6.45, 7) is 1.93. The average Bonchev–Trinajstić information content (AvgIpc) is 2.36. The average molecular weight is 232 g/mol. The topological polar surface area (TPSA) is 41.9 Å². The van der Waals surface area contributed by atoms with Crippen LogP contribution in [-0.2, 0) is 4.79 Å². The van der Waals surface area contributed by atoms with Gasteiger partial charge in [0.1, 0.15) is 5.75 Å². The van der Waals surface area contributed by atoms with Crippen molar-refractivity contribution in [1.29, 1.82) is 0 Å². The molecule has 1 aliphatic heterocycles. The maximum absolute atomic E-state index is 11.8. The van der Waals surface area contributed by atoms with E-state index in [0.717, 1.165) is 11.3 Å². The summed E-state index contributed by atoms with van der Waals surface area (Å²) in [5.74, 6) is 0.835. The number of hydrogen-bond donors (Lipinski definition) is 0. The van der Waals surface area contributed by atoms with Crippen molar-refractivity contribution in [2.45, 2.75) is 12.8 Å². The van der Waals surface area contributed by atoms with Gasteiger partial charge in [-0.15, -0.1) is 0 Å². The molecule has 2 atom stereocenters. The first-order valence-corrected chi connectivity index (χ1v) is 5.59. The minimum absolute atomic E-state index is 0.0459. The molecule has 4 heteroatoms. The summed E-state index contributed by atoms with van der Waals surface area (Å²) < 4.78 is 5.11. The first kappa shape index (κ1) is 11.6. The molecule has 0 radical (unpaired) electrons. The van der Waals surface area contributed by atoms with E-state index in [0.29, 0.717) is 0 Å². The molecule has 1 heterocycles. The molecule has 1 aromatic rings. The van der Waals surface area contributed by atoms with E-state index in [4.69, 9.17) is 4.74 Å². The monoisotopic (exact) mass is 232 g/mol. The number of benzene rings is 1. The fourth-order valence-corrected chi connectivity index (χ4v) is 2.01. The van der Waals surface area contributed by atoms with Gasteiger partial charge >= 0.3 is 0 Å². The molecule has 0 spiro atoms. The van der Waals surface area contributed by atoms with Crippen molar-refractivity contribution in [3.63, 3.8) is 0 Å². The Hall–Kier alpha value is -1.84. The molecule has 0 saturated carbocycles. The van der Waals surface area contributed by atoms with Gasteiger partial charge in [0.25, 0.3) is 0 Å². The van der Waals surface area contributed by atoms with Gasteiger partial charge in [0.05, 0.1) is 7.11 Å². The van der Waals surface area contributed by atoms with Crippen LogP contribution in [-0.4, -0.2) is 31.3 Å². The molecule has 2 unspecified atom stereocenters. The summed E-state index contributed by atoms with van der Waals surface area (Å²) in [4.78, 5) is 11.8. The molecule has 1 aliphatic rings. The smallest absolute Gasteiger partial charge is 0.246 e. The Labute approximate surface area is 101 Å². The maximum atomic E-state index is 11.8. The lowest BCUT2D eigenvalue weighted by Crippen LogP contribution is -2.36. The highest BCUT2D eigenvalue weighted by atomic mass is 16.5. The first-order chi connectivity index (χ1) is 8.13. The van der Waals surface area contributed by atoms with Crippen LogP contribution in [0.1, 0.15) is 18.4 Å². The zero-order valence-electron chi connectivity index (χ0n) is 10.3. The second kappa shape index (κ2) is 4.57. The number of ether oxygens (including phenoxy) is 1. The zero-order chi connectivity index (χ0) is 12.4. The molecule has 0 saturated heterocycles. The van der Waals surface area contributed by atoms with Gasteiger partial charge in [-0.2, -0.15) is 5.10 Å². The van der Waals surface area contributed by atoms with Crippen molar-refractivity contribution in [1.82, 2.24) is 5.01 Å². The van der Waals surface area contributed by atoms with Crippen LogP contribution in [0.4, 0.5) is 0 Å². The largest absolute Gasteiger partial charge is 0.497 e. The van der Waals surface area contributed by atoms with Gasteiger partial charge in [0.15, 0.2) is 0 Å². The van der Waals surface area contributed by atoms with Gasteiger partial charge in [-0.25, -0.2) is 5.01 Å². The predicted molar refractivity (Wildman–Crippen MR) is 66.2 cm³/mol. The highest BCUT2D eigenvalue weighted by Crippen LogP contribution is 2.28. The number of rotatable bonds is 2. The van der Waals surface area contributed by atoms with Crippen molar-refractivity contribution in [2.24, 2.45) is 11.0 Å². The third-order valence-corrected chi connectivity index (χ3v) is 3.15. The van der Waals surface area contributed by atoms with Crippen LogP contribution in [0.15, 0.2) is 29.4 Å². The number of nitrogens with zero attached hydrogens (tertiary/aromatic N) is 2. The van der Waals surface area contributed by atoms with Gasteiger partial charge in [0, 0.05) is 25.1 Å². The summed E-state index contributed by atoms with van der Waals surface area (Å²) in [5, 5.41) is 5.48. The van der Waals surface area contributed by atoms with Crippen LogP contribution in [0.25, 0.3) is 0 Å². The normalized spacial score (nSPS) is 23.9. The molecule has 17 heavy (non-hydrogen) atoms. The number of methoxy groups -OCH3 is 1. The predicted octanol–water partition coefficient (Wildman–Crippen LogP) is 1.87. The number of carbonyl (C=O) groups is 1. The SMILES string of the molecule is COc1ccc(C2C=NN(C)C(=O)C2C)cc1. The maximum Gasteiger partial charge on any atom is 0.246 e. The quantitative estimate of drug-likeness (QED) is 0.781. The Morgan fingerprint density at radius 2 is 1.94 bits per heavy atom. The Morgan fingerprint density at radius 3 is 2.53 bits per heavy atom. The van der Waals surface area contributed by atoms with E-state index in [9.17, 15) is 4.79 Å². The molecular formula is C13H16N2O2. The van der Waals surface area contributed by atoms with Crippen LogP contribution in [0.3, 0.4) is 0 Å². The Balaban J connectivity index is 2.27. The zero-order valence-corrected chi connectivity index (χ0v) is 10.3. The Bertz CT molecular complexity index is 439. The molecule has 1 aromatic carbocycles. The molecule has 0 fully saturated rings. The number of hydrazone groups is 1. The second-order valence-corrected chi connectivity index (χ2v) is 4.21. The van der Waals surface area contributed by atoms with Crippen molar-refractivity contribution < 1.29 is 9.53 Å². The lowest BCUT2D eigenvalue weighted by molar-refractivity contribution is -0.134. The Kier molecular flexibility index (Phi) is 3.13. The molecule has 0 aromatic heterocycles. The van der Waals surface area contributed by atoms with E-state index in [-0.39, 0.29) is 17.7 Å². The summed E-state index contributed by atoms with van der Waals surface area (Å²) >= 11 is 0. The van der Waals surface area contributed by atoms with Crippen LogP contribution in [0, 0.1) is 5.92 Å². The van der Waals surface area contributed by atoms with Gasteiger partial charge in [0.2, 0.25) is 5.91 Å². The van der Waals surface area contributed by atoms with Crippen molar-refractivity contribution in [3.05, 3.63) is 29.8 Å². The van der Waals surface area contributed by atoms with E-state index in [1.54, 1.807) is 14.2 Å². The summed E-state index contributed by atoms with van der Waals surface area (Å²) in [7, 11) is 3.32. The third-order valence-electron chi connectivity index (χ3n) is 3.15. The van der Waals surface area contributed by atoms with E-state index in [1.807, 2.05) is 37.4 Å². The molecule has 0 N–H and O–H groups in total. The van der Waals surface area contributed by atoms with Gasteiger partial charge in [-0.3, -0.25) is 4.79 Å². The summed E-state index contributed by atoms with van der Waals surface area (Å²) in [5.41, 5.74) is 1.09. The van der Waals surface area contributed by atoms with Crippen LogP contribution in [0.5, 0.6) is 5.75 Å². The van der Waals surface area contributed by atoms with E-state index in [1.165, 1.54) is 5.01 Å². The lowest BCUT2D eigenvalue weighted by Gasteiger charge is -2.27. The van der Waals surface area contributed by atoms with Gasteiger partial charge < -0.3 is 4.74 Å². The van der Waals surface area contributed by atoms with Crippen LogP contribution >= 0.6 is 0 Å². The van der Waals surface area contributed by atoms with Crippen LogP contribution < -0.4 is 4.74 Å². The number of hydrogen-bond acceptors (Lipinski definition) is 3. The fraction of sp³-hybridized carbons (Fsp3) is 0.385. The molecule has 1 amide bonds. The van der Waals surface area contributed by atoms with E-state index in [2.05, 4.69) is 5.10 Å². The lowest BCUT2D eigenvalue weighted by atomic mass is 9.86. The van der Waals surface area contributed by atoms with Crippen molar-refractivity contribution in [2.75, 3.05) is 14.2 Å². The minimum Gasteiger partial charge on any atom is -0.497 e. The fourth-order valence-electron chi connectivity index (χ4n) is 2.01. The highest BCUT2D eigenvalue weighted by molar-refractivity contribution is 5.88. The van der Waals surface area contributed by atoms with Crippen molar-refractivity contribution >= 4 is 12.1 Å². The van der Waals surface area contributed by atoms with Gasteiger partial charge in [-0.05, 0) is 17.7 Å². The van der Waals surface area contributed by atoms with Crippen molar-refractivity contribution in [3.8, 4) is 5.75 Å². The molecule has 0 aliphatic carbocycles. The molecule has 90 valence electrons. The summed E-state index contributed by atoms with van der Waals surface area (Å²) in [6, 6.07) is 7.76. The molecule has 2 rings (SSSR count). The second-order valence-electron chi connectivity index (χ2n) is 4.21. The Morgan fingerprint density at radius 1 is 1.29 bits per heavy atom.